The van der Waals surface area contributed by atoms with Gasteiger partial charge in [-0.25, -0.2) is 9.59 Å². The van der Waals surface area contributed by atoms with Gasteiger partial charge in [0, 0.05) is 27.7 Å². The average molecular weight is 322 g/mol. The Hall–Kier alpha value is -3.54. The number of benzene rings is 2. The largest absolute Gasteiger partial charge is 0.478 e. The minimum Gasteiger partial charge on any atom is -0.478 e. The second kappa shape index (κ2) is 5.92. The minimum absolute atomic E-state index is 0.0653. The molecule has 0 aliphatic carbocycles. The molecule has 3 rings (SSSR count). The number of para-hydroxylation sites is 2. The maximum absolute atomic E-state index is 11.7. The van der Waals surface area contributed by atoms with Crippen LogP contribution in [0.2, 0.25) is 0 Å². The molecule has 2 aromatic carbocycles. The monoisotopic (exact) mass is 322 g/mol. The third kappa shape index (κ3) is 2.61. The molecule has 24 heavy (non-hydrogen) atoms. The second-order valence-corrected chi connectivity index (χ2v) is 5.21. The summed E-state index contributed by atoms with van der Waals surface area (Å²) in [6, 6.07) is 13.6. The number of aliphatic carboxylic acids is 1. The van der Waals surface area contributed by atoms with Crippen LogP contribution in [0, 0.1) is 0 Å². The van der Waals surface area contributed by atoms with Crippen molar-refractivity contribution in [3.05, 3.63) is 65.4 Å². The number of carboxylic acids is 2. The molecule has 0 amide bonds. The van der Waals surface area contributed by atoms with Gasteiger partial charge in [-0.2, -0.15) is 0 Å². The molecule has 120 valence electrons. The Bertz CT molecular complexity index is 986. The van der Waals surface area contributed by atoms with E-state index in [4.69, 9.17) is 5.73 Å². The fourth-order valence-electron chi connectivity index (χ4n) is 2.62. The molecule has 0 saturated carbocycles. The Kier molecular flexibility index (Phi) is 3.79. The van der Waals surface area contributed by atoms with Crippen LogP contribution in [0.1, 0.15) is 21.6 Å². The maximum Gasteiger partial charge on any atom is 0.352 e. The Labute approximate surface area is 136 Å². The molecule has 1 aromatic heterocycles. The van der Waals surface area contributed by atoms with E-state index >= 15 is 0 Å². The van der Waals surface area contributed by atoms with Crippen molar-refractivity contribution in [2.45, 2.75) is 0 Å². The number of aromatic amines is 1. The lowest BCUT2D eigenvalue weighted by Gasteiger charge is -2.07. The number of anilines is 1. The number of H-pyrrole nitrogens is 1. The SMILES string of the molecule is Nc1ccccc1/C(=C/c1c(C(=O)O)[nH]c2ccccc12)C(=O)O. The number of hydrogen-bond acceptors (Lipinski definition) is 3. The number of aromatic carboxylic acids is 1. The molecule has 6 nitrogen and oxygen atoms in total. The van der Waals surface area contributed by atoms with E-state index in [1.165, 1.54) is 6.08 Å². The van der Waals surface area contributed by atoms with Crippen molar-refractivity contribution in [1.29, 1.82) is 0 Å². The summed E-state index contributed by atoms with van der Waals surface area (Å²) in [4.78, 5) is 26.0. The highest BCUT2D eigenvalue weighted by Crippen LogP contribution is 2.29. The quantitative estimate of drug-likeness (QED) is 0.435. The van der Waals surface area contributed by atoms with Crippen LogP contribution >= 0.6 is 0 Å². The summed E-state index contributed by atoms with van der Waals surface area (Å²) in [6.45, 7) is 0. The number of nitrogen functional groups attached to an aromatic ring is 1. The number of carbonyl (C=O) groups is 2. The first-order chi connectivity index (χ1) is 11.5. The van der Waals surface area contributed by atoms with Crippen molar-refractivity contribution in [3.63, 3.8) is 0 Å². The van der Waals surface area contributed by atoms with E-state index in [1.807, 2.05) is 0 Å². The Morgan fingerprint density at radius 1 is 1.00 bits per heavy atom. The topological polar surface area (TPSA) is 116 Å². The van der Waals surface area contributed by atoms with Crippen molar-refractivity contribution in [1.82, 2.24) is 4.98 Å². The van der Waals surface area contributed by atoms with Gasteiger partial charge in [-0.05, 0) is 18.2 Å². The fraction of sp³-hybridized carbons (Fsp3) is 0. The lowest BCUT2D eigenvalue weighted by atomic mass is 9.99. The van der Waals surface area contributed by atoms with Crippen LogP contribution in [-0.2, 0) is 4.79 Å². The molecule has 1 heterocycles. The fourth-order valence-corrected chi connectivity index (χ4v) is 2.62. The number of carboxylic acid groups (broad SMARTS) is 2. The van der Waals surface area contributed by atoms with E-state index in [1.54, 1.807) is 48.5 Å². The normalized spacial score (nSPS) is 11.6. The molecule has 0 bridgehead atoms. The first-order valence-corrected chi connectivity index (χ1v) is 7.13. The molecule has 0 aliphatic rings. The zero-order valence-electron chi connectivity index (χ0n) is 12.5. The van der Waals surface area contributed by atoms with Gasteiger partial charge in [0.15, 0.2) is 0 Å². The van der Waals surface area contributed by atoms with Gasteiger partial charge < -0.3 is 20.9 Å². The molecular formula is C18H14N2O4. The van der Waals surface area contributed by atoms with Crippen LogP contribution in [0.25, 0.3) is 22.6 Å². The van der Waals surface area contributed by atoms with Gasteiger partial charge in [-0.15, -0.1) is 0 Å². The predicted octanol–water partition coefficient (Wildman–Crippen LogP) is 3.07. The van der Waals surface area contributed by atoms with E-state index in [2.05, 4.69) is 4.98 Å². The van der Waals surface area contributed by atoms with Gasteiger partial charge in [0.1, 0.15) is 5.69 Å². The number of aromatic nitrogens is 1. The molecule has 0 unspecified atom stereocenters. The Morgan fingerprint density at radius 2 is 1.67 bits per heavy atom. The van der Waals surface area contributed by atoms with Crippen LogP contribution in [-0.4, -0.2) is 27.1 Å². The smallest absolute Gasteiger partial charge is 0.352 e. The van der Waals surface area contributed by atoms with E-state index in [0.717, 1.165) is 0 Å². The van der Waals surface area contributed by atoms with E-state index < -0.39 is 11.9 Å². The molecule has 3 aromatic rings. The zero-order valence-corrected chi connectivity index (χ0v) is 12.5. The first kappa shape index (κ1) is 15.4. The number of nitrogens with one attached hydrogen (secondary N) is 1. The van der Waals surface area contributed by atoms with Gasteiger partial charge in [0.05, 0.1) is 5.57 Å². The summed E-state index contributed by atoms with van der Waals surface area (Å²) in [5.41, 5.74) is 7.31. The summed E-state index contributed by atoms with van der Waals surface area (Å²) >= 11 is 0. The van der Waals surface area contributed by atoms with Gasteiger partial charge in [-0.1, -0.05) is 36.4 Å². The molecule has 0 fully saturated rings. The number of nitrogens with two attached hydrogens (primary N) is 1. The molecule has 0 aliphatic heterocycles. The van der Waals surface area contributed by atoms with Crippen LogP contribution in [0.15, 0.2) is 48.5 Å². The van der Waals surface area contributed by atoms with E-state index in [9.17, 15) is 19.8 Å². The van der Waals surface area contributed by atoms with Crippen LogP contribution in [0.3, 0.4) is 0 Å². The highest BCUT2D eigenvalue weighted by Gasteiger charge is 2.19. The molecule has 0 atom stereocenters. The highest BCUT2D eigenvalue weighted by molar-refractivity contribution is 6.23. The summed E-state index contributed by atoms with van der Waals surface area (Å²) in [5, 5.41) is 19.6. The molecule has 0 radical (unpaired) electrons. The van der Waals surface area contributed by atoms with Crippen LogP contribution < -0.4 is 5.73 Å². The highest BCUT2D eigenvalue weighted by atomic mass is 16.4. The lowest BCUT2D eigenvalue weighted by Crippen LogP contribution is -2.04. The van der Waals surface area contributed by atoms with E-state index in [-0.39, 0.29) is 11.3 Å². The van der Waals surface area contributed by atoms with Crippen molar-refractivity contribution >= 4 is 40.2 Å². The zero-order chi connectivity index (χ0) is 17.3. The summed E-state index contributed by atoms with van der Waals surface area (Å²) in [7, 11) is 0. The lowest BCUT2D eigenvalue weighted by molar-refractivity contribution is -0.130. The molecule has 5 N–H and O–H groups in total. The third-order valence-electron chi connectivity index (χ3n) is 3.73. The third-order valence-corrected chi connectivity index (χ3v) is 3.73. The predicted molar refractivity (Wildman–Crippen MR) is 91.6 cm³/mol. The van der Waals surface area contributed by atoms with Crippen molar-refractivity contribution in [2.75, 3.05) is 5.73 Å². The number of fused-ring (bicyclic) bond motifs is 1. The average Bonchev–Trinajstić information content (AvgIpc) is 2.92. The van der Waals surface area contributed by atoms with Crippen molar-refractivity contribution in [2.24, 2.45) is 0 Å². The van der Waals surface area contributed by atoms with E-state index in [0.29, 0.717) is 27.7 Å². The standard InChI is InChI=1S/C18H14N2O4/c19-14-7-3-1-5-10(14)13(17(21)22)9-12-11-6-2-4-8-15(11)20-16(12)18(23)24/h1-9,20H,19H2,(H,21,22)(H,23,24)/b13-9-. The van der Waals surface area contributed by atoms with Crippen molar-refractivity contribution < 1.29 is 19.8 Å². The number of rotatable bonds is 4. The van der Waals surface area contributed by atoms with Gasteiger partial charge >= 0.3 is 11.9 Å². The molecule has 0 saturated heterocycles. The molecule has 0 spiro atoms. The molecule has 6 heteroatoms. The minimum atomic E-state index is -1.19. The summed E-state index contributed by atoms with van der Waals surface area (Å²) in [5.74, 6) is -2.35. The Morgan fingerprint density at radius 3 is 2.33 bits per heavy atom. The van der Waals surface area contributed by atoms with Crippen LogP contribution in [0.4, 0.5) is 5.69 Å². The van der Waals surface area contributed by atoms with Crippen molar-refractivity contribution in [3.8, 4) is 0 Å². The van der Waals surface area contributed by atoms with Gasteiger partial charge in [0.2, 0.25) is 0 Å². The summed E-state index contributed by atoms with van der Waals surface area (Å²) < 4.78 is 0. The summed E-state index contributed by atoms with van der Waals surface area (Å²) in [6.07, 6.45) is 1.34. The second-order valence-electron chi connectivity index (χ2n) is 5.21. The first-order valence-electron chi connectivity index (χ1n) is 7.13. The Balaban J connectivity index is 2.30. The number of hydrogen-bond donors (Lipinski definition) is 4. The van der Waals surface area contributed by atoms with Crippen LogP contribution in [0.5, 0.6) is 0 Å². The molecular weight excluding hydrogens is 308 g/mol. The van der Waals surface area contributed by atoms with Gasteiger partial charge in [0.25, 0.3) is 0 Å². The van der Waals surface area contributed by atoms with Gasteiger partial charge in [-0.3, -0.25) is 0 Å². The maximum atomic E-state index is 11.7.